The van der Waals surface area contributed by atoms with Crippen molar-refractivity contribution in [3.63, 3.8) is 0 Å². The van der Waals surface area contributed by atoms with Gasteiger partial charge in [-0.25, -0.2) is 4.79 Å². The van der Waals surface area contributed by atoms with E-state index in [-0.39, 0.29) is 6.09 Å². The molecular formula is C13H26N2O2. The van der Waals surface area contributed by atoms with Crippen LogP contribution in [0.5, 0.6) is 0 Å². The van der Waals surface area contributed by atoms with Crippen LogP contribution in [0.25, 0.3) is 0 Å². The normalized spacial score (nSPS) is 24.7. The summed E-state index contributed by atoms with van der Waals surface area (Å²) in [5, 5.41) is 6.21. The fraction of sp³-hybridized carbons (Fsp3) is 0.923. The topological polar surface area (TPSA) is 50.4 Å². The van der Waals surface area contributed by atoms with Crippen LogP contribution in [-0.2, 0) is 4.74 Å². The second kappa shape index (κ2) is 6.24. The molecule has 1 amide bonds. The monoisotopic (exact) mass is 242 g/mol. The number of rotatable bonds is 4. The minimum atomic E-state index is -0.418. The van der Waals surface area contributed by atoms with Crippen molar-refractivity contribution < 1.29 is 9.53 Å². The van der Waals surface area contributed by atoms with Crippen LogP contribution in [0.15, 0.2) is 0 Å². The molecule has 0 aromatic carbocycles. The van der Waals surface area contributed by atoms with Gasteiger partial charge in [0.25, 0.3) is 0 Å². The van der Waals surface area contributed by atoms with E-state index in [4.69, 9.17) is 4.74 Å². The van der Waals surface area contributed by atoms with Gasteiger partial charge in [0.1, 0.15) is 5.60 Å². The standard InChI is InChI=1S/C13H26N2O2/c1-10-5-6-11(9-10)14-7-8-15-12(16)17-13(2,3)4/h10-11,14H,5-9H2,1-4H3,(H,15,16). The van der Waals surface area contributed by atoms with Crippen molar-refractivity contribution in [1.29, 1.82) is 0 Å². The first kappa shape index (κ1) is 14.3. The molecule has 0 aliphatic heterocycles. The highest BCUT2D eigenvalue weighted by molar-refractivity contribution is 5.67. The Balaban J connectivity index is 2.02. The van der Waals surface area contributed by atoms with Crippen LogP contribution in [0.2, 0.25) is 0 Å². The quantitative estimate of drug-likeness (QED) is 0.744. The SMILES string of the molecule is CC1CCC(NCCNC(=O)OC(C)(C)C)C1. The smallest absolute Gasteiger partial charge is 0.407 e. The van der Waals surface area contributed by atoms with E-state index in [1.807, 2.05) is 20.8 Å². The van der Waals surface area contributed by atoms with Gasteiger partial charge in [-0.2, -0.15) is 0 Å². The Hall–Kier alpha value is -0.770. The number of hydrogen-bond donors (Lipinski definition) is 2. The van der Waals surface area contributed by atoms with E-state index in [1.54, 1.807) is 0 Å². The van der Waals surface area contributed by atoms with Gasteiger partial charge in [-0.15, -0.1) is 0 Å². The highest BCUT2D eigenvalue weighted by Crippen LogP contribution is 2.24. The minimum absolute atomic E-state index is 0.334. The van der Waals surface area contributed by atoms with Crippen LogP contribution in [0.1, 0.15) is 47.0 Å². The highest BCUT2D eigenvalue weighted by atomic mass is 16.6. The van der Waals surface area contributed by atoms with Crippen molar-refractivity contribution >= 4 is 6.09 Å². The van der Waals surface area contributed by atoms with Gasteiger partial charge < -0.3 is 15.4 Å². The molecule has 17 heavy (non-hydrogen) atoms. The lowest BCUT2D eigenvalue weighted by Crippen LogP contribution is -2.38. The molecule has 0 heterocycles. The Morgan fingerprint density at radius 3 is 2.53 bits per heavy atom. The van der Waals surface area contributed by atoms with Gasteiger partial charge in [0.2, 0.25) is 0 Å². The molecular weight excluding hydrogens is 216 g/mol. The molecule has 2 N–H and O–H groups in total. The van der Waals surface area contributed by atoms with E-state index in [0.29, 0.717) is 12.6 Å². The molecule has 4 nitrogen and oxygen atoms in total. The summed E-state index contributed by atoms with van der Waals surface area (Å²) < 4.78 is 5.15. The highest BCUT2D eigenvalue weighted by Gasteiger charge is 2.20. The maximum absolute atomic E-state index is 11.3. The molecule has 0 aromatic rings. The van der Waals surface area contributed by atoms with Gasteiger partial charge in [-0.1, -0.05) is 6.92 Å². The zero-order valence-corrected chi connectivity index (χ0v) is 11.5. The van der Waals surface area contributed by atoms with Crippen molar-refractivity contribution in [3.8, 4) is 0 Å². The average Bonchev–Trinajstić information content (AvgIpc) is 2.56. The zero-order chi connectivity index (χ0) is 12.9. The molecule has 0 aromatic heterocycles. The minimum Gasteiger partial charge on any atom is -0.444 e. The van der Waals surface area contributed by atoms with E-state index in [1.165, 1.54) is 19.3 Å². The van der Waals surface area contributed by atoms with Gasteiger partial charge in [0.15, 0.2) is 0 Å². The molecule has 100 valence electrons. The predicted octanol–water partition coefficient (Wildman–Crippen LogP) is 2.29. The van der Waals surface area contributed by atoms with E-state index in [9.17, 15) is 4.79 Å². The molecule has 1 fully saturated rings. The molecule has 1 saturated carbocycles. The lowest BCUT2D eigenvalue weighted by Gasteiger charge is -2.20. The van der Waals surface area contributed by atoms with Crippen molar-refractivity contribution in [3.05, 3.63) is 0 Å². The number of alkyl carbamates (subject to hydrolysis) is 1. The molecule has 0 spiro atoms. The Morgan fingerprint density at radius 1 is 1.29 bits per heavy atom. The maximum Gasteiger partial charge on any atom is 0.407 e. The Bertz CT molecular complexity index is 248. The van der Waals surface area contributed by atoms with Crippen molar-refractivity contribution in [2.75, 3.05) is 13.1 Å². The summed E-state index contributed by atoms with van der Waals surface area (Å²) in [6, 6.07) is 0.630. The van der Waals surface area contributed by atoms with E-state index < -0.39 is 5.60 Å². The number of nitrogens with one attached hydrogen (secondary N) is 2. The molecule has 0 saturated heterocycles. The first-order chi connectivity index (χ1) is 7.87. The lowest BCUT2D eigenvalue weighted by atomic mass is 10.1. The number of ether oxygens (including phenoxy) is 1. The Labute approximate surface area is 104 Å². The van der Waals surface area contributed by atoms with Crippen LogP contribution >= 0.6 is 0 Å². The summed E-state index contributed by atoms with van der Waals surface area (Å²) in [6.07, 6.45) is 3.50. The third kappa shape index (κ3) is 6.51. The fourth-order valence-corrected chi connectivity index (χ4v) is 2.15. The summed E-state index contributed by atoms with van der Waals surface area (Å²) in [5.74, 6) is 0.839. The van der Waals surface area contributed by atoms with Crippen molar-refractivity contribution in [1.82, 2.24) is 10.6 Å². The van der Waals surface area contributed by atoms with Crippen LogP contribution in [0.3, 0.4) is 0 Å². The first-order valence-electron chi connectivity index (χ1n) is 6.57. The second-order valence-corrected chi connectivity index (χ2v) is 6.00. The van der Waals surface area contributed by atoms with E-state index in [2.05, 4.69) is 17.6 Å². The lowest BCUT2D eigenvalue weighted by molar-refractivity contribution is 0.0528. The van der Waals surface area contributed by atoms with Gasteiger partial charge in [0.05, 0.1) is 0 Å². The molecule has 4 heteroatoms. The summed E-state index contributed by atoms with van der Waals surface area (Å²) in [4.78, 5) is 11.3. The number of hydrogen-bond acceptors (Lipinski definition) is 3. The predicted molar refractivity (Wildman–Crippen MR) is 69.0 cm³/mol. The molecule has 0 bridgehead atoms. The molecule has 2 unspecified atom stereocenters. The summed E-state index contributed by atoms with van der Waals surface area (Å²) in [7, 11) is 0. The van der Waals surface area contributed by atoms with E-state index in [0.717, 1.165) is 12.5 Å². The summed E-state index contributed by atoms with van der Waals surface area (Å²) in [5.41, 5.74) is -0.418. The van der Waals surface area contributed by atoms with E-state index >= 15 is 0 Å². The van der Waals surface area contributed by atoms with Crippen molar-refractivity contribution in [2.24, 2.45) is 5.92 Å². The van der Waals surface area contributed by atoms with Crippen LogP contribution in [0.4, 0.5) is 4.79 Å². The average molecular weight is 242 g/mol. The van der Waals surface area contributed by atoms with Crippen LogP contribution < -0.4 is 10.6 Å². The molecule has 0 radical (unpaired) electrons. The fourth-order valence-electron chi connectivity index (χ4n) is 2.15. The van der Waals surface area contributed by atoms with Crippen LogP contribution in [-0.4, -0.2) is 30.8 Å². The van der Waals surface area contributed by atoms with Crippen LogP contribution in [0, 0.1) is 5.92 Å². The Kier molecular flexibility index (Phi) is 5.25. The number of carbonyl (C=O) groups excluding carboxylic acids is 1. The molecule has 1 aliphatic carbocycles. The largest absolute Gasteiger partial charge is 0.444 e. The Morgan fingerprint density at radius 2 is 2.00 bits per heavy atom. The maximum atomic E-state index is 11.3. The van der Waals surface area contributed by atoms with Gasteiger partial charge in [-0.05, 0) is 46.0 Å². The van der Waals surface area contributed by atoms with Gasteiger partial charge in [0, 0.05) is 19.1 Å². The molecule has 2 atom stereocenters. The van der Waals surface area contributed by atoms with Gasteiger partial charge in [-0.3, -0.25) is 0 Å². The number of carbonyl (C=O) groups is 1. The third-order valence-corrected chi connectivity index (χ3v) is 2.92. The molecule has 1 rings (SSSR count). The van der Waals surface area contributed by atoms with Crippen molar-refractivity contribution in [2.45, 2.75) is 58.6 Å². The number of amides is 1. The third-order valence-electron chi connectivity index (χ3n) is 2.92. The first-order valence-corrected chi connectivity index (χ1v) is 6.57. The zero-order valence-electron chi connectivity index (χ0n) is 11.5. The second-order valence-electron chi connectivity index (χ2n) is 6.00. The molecule has 1 aliphatic rings. The summed E-state index contributed by atoms with van der Waals surface area (Å²) in [6.45, 7) is 9.33. The van der Waals surface area contributed by atoms with Gasteiger partial charge >= 0.3 is 6.09 Å². The summed E-state index contributed by atoms with van der Waals surface area (Å²) >= 11 is 0.